The average Bonchev–Trinajstić information content (AvgIpc) is 1.54. The van der Waals surface area contributed by atoms with E-state index in [0.29, 0.717) is 116 Å². The molecule has 30 nitrogen and oxygen atoms in total. The molecule has 0 spiro atoms. The molecule has 0 radical (unpaired) electrons. The number of rotatable bonds is 12. The van der Waals surface area contributed by atoms with Crippen molar-refractivity contribution < 1.29 is 9.50 Å². The molecule has 0 aromatic carbocycles. The van der Waals surface area contributed by atoms with E-state index in [9.17, 15) is 23.6 Å². The number of aliphatic hydroxyl groups is 1. The number of aliphatic hydroxyl groups excluding tert-OH is 1. The maximum absolute atomic E-state index is 14.5. The molecule has 20 rings (SSSR count). The predicted octanol–water partition coefficient (Wildman–Crippen LogP) is 10.4. The van der Waals surface area contributed by atoms with Crippen LogP contribution >= 0.6 is 0 Å². The Hall–Kier alpha value is -12.9. The summed E-state index contributed by atoms with van der Waals surface area (Å²) in [6.45, 7) is 29.6. The molecule has 0 amide bonds. The number of pyridine rings is 5. The van der Waals surface area contributed by atoms with Gasteiger partial charge >= 0.3 is 0 Å². The number of piperidine rings is 1. The summed E-state index contributed by atoms with van der Waals surface area (Å²) in [5.74, 6) is 0.646. The van der Waals surface area contributed by atoms with Crippen LogP contribution in [0.5, 0.6) is 0 Å². The predicted molar refractivity (Wildman–Crippen MR) is 472 cm³/mol. The lowest BCUT2D eigenvalue weighted by Crippen LogP contribution is -2.47. The number of halogens is 1. The molecule has 31 heteroatoms. The standard InChI is InChI=1S/C23H27N7O.C23H26N6O.C23H24N6O.C22H23FN6O2/c1-15-11-30-21(16(2)24-15)9-20(26-30)19-10-23(31)29-14-18(5-6-22(29)25-19)28-8-7-17(13-28)12-27(3)4;2*1-13-7-18(8-14(2)24-13)17-5-6-22-26-19(10-23(30)28(22)12-17)20-9-21-16(4)25-15(3)11-29(21)27-20;1-15-12-28-13-16(10-18(23)22(28)24-15)19-11-21(31)29-14-17(2-3-20(29)25-19)27-6-4-26(5-7-27)8-9-30/h5-6,9-11,14,17H,7-8,12-13H2,1-4H3;5-6,9-14,18,24H,7-8H2,1-4H3;5-7,9-14,24H,8H2,1-4H3;2-3,10-14,30H,4-9H2,1H3/t17-;2*13-,14-;/m100./s1. The van der Waals surface area contributed by atoms with Crippen molar-refractivity contribution in [1.82, 2.24) is 111 Å². The molecule has 5 atom stereocenters. The van der Waals surface area contributed by atoms with Gasteiger partial charge in [-0.3, -0.25) is 56.6 Å². The quantitative estimate of drug-likeness (QED) is 0.102. The molecule has 626 valence electrons. The number of nitrogens with one attached hydrogen (secondary N) is 2. The van der Waals surface area contributed by atoms with Crippen LogP contribution in [0.3, 0.4) is 0 Å². The molecular weight excluding hydrogens is 1540 g/mol. The molecule has 0 bridgehead atoms. The highest BCUT2D eigenvalue weighted by molar-refractivity contribution is 5.72. The maximum atomic E-state index is 14.5. The third kappa shape index (κ3) is 17.1. The number of nitrogens with zero attached hydrogens (tertiary/aromatic N) is 23. The molecule has 16 aromatic rings. The number of aromatic nitrogens is 19. The van der Waals surface area contributed by atoms with Crippen LogP contribution in [0.25, 0.3) is 95.8 Å². The molecule has 16 aromatic heterocycles. The summed E-state index contributed by atoms with van der Waals surface area (Å²) in [4.78, 5) is 97.0. The third-order valence-electron chi connectivity index (χ3n) is 23.3. The molecular formula is C91H100FN25O5. The van der Waals surface area contributed by atoms with E-state index >= 15 is 0 Å². The van der Waals surface area contributed by atoms with Gasteiger partial charge in [0, 0.05) is 144 Å². The molecule has 3 N–H and O–H groups in total. The molecule has 0 saturated carbocycles. The van der Waals surface area contributed by atoms with Crippen molar-refractivity contribution in [3.8, 4) is 45.4 Å². The van der Waals surface area contributed by atoms with Crippen LogP contribution in [0.15, 0.2) is 178 Å². The largest absolute Gasteiger partial charge is 0.395 e. The molecule has 4 aliphatic rings. The van der Waals surface area contributed by atoms with E-state index < -0.39 is 5.82 Å². The minimum Gasteiger partial charge on any atom is -0.395 e. The third-order valence-corrected chi connectivity index (χ3v) is 23.3. The first-order chi connectivity index (χ1) is 58.6. The number of hydrogen-bond acceptors (Lipinski definition) is 22. The Kier molecular flexibility index (Phi) is 22.4. The average molecular weight is 1640 g/mol. The second-order valence-electron chi connectivity index (χ2n) is 33.5. The van der Waals surface area contributed by atoms with Crippen molar-refractivity contribution in [3.05, 3.63) is 257 Å². The van der Waals surface area contributed by atoms with Gasteiger partial charge in [0.15, 0.2) is 11.5 Å². The number of hydrogen-bond donors (Lipinski definition) is 3. The Balaban J connectivity index is 0.000000116. The van der Waals surface area contributed by atoms with Crippen molar-refractivity contribution in [1.29, 1.82) is 0 Å². The van der Waals surface area contributed by atoms with Crippen LogP contribution < -0.4 is 42.7 Å². The van der Waals surface area contributed by atoms with Gasteiger partial charge in [0.25, 0.3) is 22.2 Å². The molecule has 122 heavy (non-hydrogen) atoms. The highest BCUT2D eigenvalue weighted by Gasteiger charge is 2.28. The van der Waals surface area contributed by atoms with E-state index in [0.717, 1.165) is 133 Å². The fraction of sp³-hybridized carbons (Fsp3) is 0.352. The number of anilines is 2. The number of fused-ring (bicyclic) bond motifs is 8. The molecule has 0 unspecified atom stereocenters. The van der Waals surface area contributed by atoms with E-state index in [1.54, 1.807) is 74.9 Å². The van der Waals surface area contributed by atoms with Crippen molar-refractivity contribution in [3.63, 3.8) is 0 Å². The summed E-state index contributed by atoms with van der Waals surface area (Å²) in [6.07, 6.45) is 23.2. The molecule has 4 aliphatic heterocycles. The molecule has 0 aliphatic carbocycles. The zero-order valence-electron chi connectivity index (χ0n) is 70.9. The van der Waals surface area contributed by atoms with Gasteiger partial charge in [-0.05, 0) is 211 Å². The minimum absolute atomic E-state index is 0.0880. The molecule has 20 heterocycles. The van der Waals surface area contributed by atoms with Gasteiger partial charge in [0.1, 0.15) is 39.7 Å². The Morgan fingerprint density at radius 3 is 1.43 bits per heavy atom. The SMILES string of the molecule is Cc1cn2cc(-c3cc(=O)n4cc(N5CCN(CCO)CC5)ccc4n3)cc(F)c2n1.Cc1cn2nc(-c3cc(=O)n4cc(C5=C[C@H](C)N[C@@H](C)C5)ccc4n3)cc2c(C)n1.Cc1cn2nc(-c3cc(=O)n4cc(C5C[C@H](C)N[C@@H](C)C5)ccc4n3)cc2c(C)n1.Cc1cn2nc(-c3cc(=O)n4cc(N5CC[C@H](CN(C)C)C5)ccc4n3)cc2c(C)n1. The number of aryl methyl sites for hydroxylation is 7. The van der Waals surface area contributed by atoms with Gasteiger partial charge in [-0.15, -0.1) is 0 Å². The van der Waals surface area contributed by atoms with Crippen molar-refractivity contribution in [2.24, 2.45) is 5.92 Å². The van der Waals surface area contributed by atoms with Gasteiger partial charge in [-0.25, -0.2) is 42.9 Å². The van der Waals surface area contributed by atoms with E-state index in [4.69, 9.17) is 20.1 Å². The molecule has 3 saturated heterocycles. The lowest BCUT2D eigenvalue weighted by Gasteiger charge is -2.35. The topological polar surface area (TPSA) is 303 Å². The number of imidazole rings is 1. The van der Waals surface area contributed by atoms with E-state index in [1.807, 2.05) is 133 Å². The van der Waals surface area contributed by atoms with Gasteiger partial charge in [0.2, 0.25) is 0 Å². The Bertz CT molecular complexity index is 7020. The Morgan fingerprint density at radius 1 is 0.459 bits per heavy atom. The first kappa shape index (κ1) is 81.4. The lowest BCUT2D eigenvalue weighted by molar-refractivity contribution is 0.189. The fourth-order valence-electron chi connectivity index (χ4n) is 17.7. The second kappa shape index (κ2) is 33.6. The molecule has 3 fully saturated rings. The highest BCUT2D eigenvalue weighted by Crippen LogP contribution is 2.33. The first-order valence-corrected chi connectivity index (χ1v) is 41.7. The van der Waals surface area contributed by atoms with Crippen LogP contribution in [0.4, 0.5) is 15.8 Å². The number of piperazine rings is 1. The van der Waals surface area contributed by atoms with Crippen LogP contribution in [-0.2, 0) is 0 Å². The van der Waals surface area contributed by atoms with Crippen molar-refractivity contribution in [2.45, 2.75) is 132 Å². The van der Waals surface area contributed by atoms with Crippen LogP contribution in [-0.4, -0.2) is 203 Å². The summed E-state index contributed by atoms with van der Waals surface area (Å²) >= 11 is 0. The van der Waals surface area contributed by atoms with E-state index in [1.165, 1.54) is 34.1 Å². The summed E-state index contributed by atoms with van der Waals surface area (Å²) in [7, 11) is 4.23. The summed E-state index contributed by atoms with van der Waals surface area (Å²) in [5, 5.41) is 30.0. The second-order valence-corrected chi connectivity index (χ2v) is 33.5. The summed E-state index contributed by atoms with van der Waals surface area (Å²) in [6, 6.07) is 30.7. The first-order valence-electron chi connectivity index (χ1n) is 41.7. The van der Waals surface area contributed by atoms with Gasteiger partial charge in [-0.1, -0.05) is 12.1 Å². The van der Waals surface area contributed by atoms with Gasteiger partial charge in [0.05, 0.1) is 116 Å². The normalized spacial score (nSPS) is 18.3. The highest BCUT2D eigenvalue weighted by atomic mass is 19.1. The summed E-state index contributed by atoms with van der Waals surface area (Å²) in [5.41, 5.74) is 21.2. The lowest BCUT2D eigenvalue weighted by atomic mass is 9.84. The van der Waals surface area contributed by atoms with Crippen LogP contribution in [0.1, 0.15) is 110 Å². The van der Waals surface area contributed by atoms with E-state index in [2.05, 4.69) is 130 Å². The van der Waals surface area contributed by atoms with Crippen LogP contribution in [0, 0.1) is 60.2 Å². The minimum atomic E-state index is -0.455. The van der Waals surface area contributed by atoms with Gasteiger partial charge in [-0.2, -0.15) is 15.3 Å². The Labute approximate surface area is 702 Å². The van der Waals surface area contributed by atoms with Gasteiger partial charge < -0.3 is 34.8 Å². The van der Waals surface area contributed by atoms with Crippen molar-refractivity contribution in [2.75, 3.05) is 82.9 Å². The van der Waals surface area contributed by atoms with E-state index in [-0.39, 0.29) is 34.5 Å². The fourth-order valence-corrected chi connectivity index (χ4v) is 17.7. The number of β-amino-alcohol motifs (C(OH)–C–C–N with tert-alkyl or cyclic N) is 1. The van der Waals surface area contributed by atoms with Crippen LogP contribution in [0.2, 0.25) is 0 Å². The Morgan fingerprint density at radius 2 is 0.926 bits per heavy atom. The maximum Gasteiger partial charge on any atom is 0.258 e. The zero-order chi connectivity index (χ0) is 85.2. The zero-order valence-corrected chi connectivity index (χ0v) is 70.9. The monoisotopic (exact) mass is 1640 g/mol. The summed E-state index contributed by atoms with van der Waals surface area (Å²) < 4.78 is 27.9. The smallest absolute Gasteiger partial charge is 0.258 e. The van der Waals surface area contributed by atoms with Crippen molar-refractivity contribution >= 4 is 61.7 Å².